The van der Waals surface area contributed by atoms with Gasteiger partial charge in [-0.2, -0.15) is 26.3 Å². The van der Waals surface area contributed by atoms with Crippen LogP contribution in [0.3, 0.4) is 0 Å². The zero-order chi connectivity index (χ0) is 32.7. The third kappa shape index (κ3) is 6.53. The lowest BCUT2D eigenvalue weighted by atomic mass is 10.00. The van der Waals surface area contributed by atoms with Crippen molar-refractivity contribution in [3.63, 3.8) is 0 Å². The van der Waals surface area contributed by atoms with Gasteiger partial charge in [-0.3, -0.25) is 14.6 Å². The largest absolute Gasteiger partial charge is 0.495 e. The molecule has 3 heterocycles. The number of carbonyl (C=O) groups excluding carboxylic acids is 1. The standard InChI is InChI=1S/C29H21ClF6N6O3/c1-3-21(23(43)9-15-4-6-19-20(8-15)38-25(12-37-19)28(31,32)33)41-13-24(45-2)18(11-27(41)44)17-10-16(30)5-7-22(17)42-14-26(39-40-42)29(34,35)36/h4-8,10-14,21H,3,9H2,1-2H3. The molecule has 0 saturated carbocycles. The number of ketones is 1. The van der Waals surface area contributed by atoms with E-state index in [1.807, 2.05) is 0 Å². The van der Waals surface area contributed by atoms with Gasteiger partial charge < -0.3 is 9.30 Å². The number of hydrogen-bond donors (Lipinski definition) is 0. The van der Waals surface area contributed by atoms with E-state index < -0.39 is 41.1 Å². The normalized spacial score (nSPS) is 12.8. The maximum Gasteiger partial charge on any atom is 0.436 e. The van der Waals surface area contributed by atoms with Crippen LogP contribution in [0.5, 0.6) is 5.75 Å². The van der Waals surface area contributed by atoms with Crippen molar-refractivity contribution in [2.24, 2.45) is 0 Å². The van der Waals surface area contributed by atoms with Gasteiger partial charge in [-0.1, -0.05) is 29.8 Å². The molecule has 1 unspecified atom stereocenters. The number of methoxy groups -OCH3 is 1. The molecule has 1 atom stereocenters. The molecule has 0 amide bonds. The number of halogens is 7. The van der Waals surface area contributed by atoms with Gasteiger partial charge in [-0.15, -0.1) is 5.10 Å². The lowest BCUT2D eigenvalue weighted by molar-refractivity contribution is -0.142. The second-order valence-electron chi connectivity index (χ2n) is 9.85. The zero-order valence-corrected chi connectivity index (χ0v) is 24.1. The summed E-state index contributed by atoms with van der Waals surface area (Å²) in [5.74, 6) is -0.319. The van der Waals surface area contributed by atoms with Gasteiger partial charge in [0, 0.05) is 28.6 Å². The highest BCUT2D eigenvalue weighted by atomic mass is 35.5. The van der Waals surface area contributed by atoms with Crippen LogP contribution in [0.25, 0.3) is 27.8 Å². The van der Waals surface area contributed by atoms with Crippen LogP contribution >= 0.6 is 11.6 Å². The number of aromatic nitrogens is 6. The van der Waals surface area contributed by atoms with Crippen LogP contribution in [0, 0.1) is 0 Å². The Hall–Kier alpha value is -4.79. The van der Waals surface area contributed by atoms with E-state index >= 15 is 0 Å². The summed E-state index contributed by atoms with van der Waals surface area (Å²) in [6, 6.07) is 8.75. The molecule has 9 nitrogen and oxygen atoms in total. The van der Waals surface area contributed by atoms with Crippen LogP contribution in [0.2, 0.25) is 5.02 Å². The van der Waals surface area contributed by atoms with Crippen molar-refractivity contribution in [2.45, 2.75) is 38.2 Å². The van der Waals surface area contributed by atoms with E-state index in [4.69, 9.17) is 16.3 Å². The van der Waals surface area contributed by atoms with Crippen molar-refractivity contribution in [1.29, 1.82) is 0 Å². The molecule has 234 valence electrons. The molecule has 45 heavy (non-hydrogen) atoms. The molecule has 2 aromatic carbocycles. The maximum atomic E-state index is 13.4. The average Bonchev–Trinajstić information content (AvgIpc) is 3.48. The lowest BCUT2D eigenvalue weighted by Gasteiger charge is -2.20. The molecule has 0 aliphatic carbocycles. The molecule has 3 aromatic heterocycles. The van der Waals surface area contributed by atoms with Crippen molar-refractivity contribution in [3.8, 4) is 22.6 Å². The van der Waals surface area contributed by atoms with Crippen molar-refractivity contribution in [1.82, 2.24) is 29.5 Å². The van der Waals surface area contributed by atoms with Gasteiger partial charge in [0.2, 0.25) is 0 Å². The van der Waals surface area contributed by atoms with E-state index in [2.05, 4.69) is 20.3 Å². The molecule has 0 fully saturated rings. The number of ether oxygens (including phenoxy) is 1. The Bertz CT molecular complexity index is 1970. The first-order valence-electron chi connectivity index (χ1n) is 13.1. The second kappa shape index (κ2) is 12.0. The fourth-order valence-electron chi connectivity index (χ4n) is 4.78. The number of alkyl halides is 6. The van der Waals surface area contributed by atoms with E-state index in [0.717, 1.165) is 15.3 Å². The van der Waals surface area contributed by atoms with Crippen molar-refractivity contribution >= 4 is 28.4 Å². The minimum atomic E-state index is -4.74. The Kier molecular flexibility index (Phi) is 8.40. The summed E-state index contributed by atoms with van der Waals surface area (Å²) < 4.78 is 86.5. The van der Waals surface area contributed by atoms with Crippen LogP contribution in [-0.4, -0.2) is 42.4 Å². The summed E-state index contributed by atoms with van der Waals surface area (Å²) in [7, 11) is 1.31. The minimum Gasteiger partial charge on any atom is -0.495 e. The number of rotatable bonds is 8. The van der Waals surface area contributed by atoms with Gasteiger partial charge in [-0.25, -0.2) is 9.67 Å². The van der Waals surface area contributed by atoms with Gasteiger partial charge >= 0.3 is 12.4 Å². The van der Waals surface area contributed by atoms with Crippen molar-refractivity contribution in [2.75, 3.05) is 7.11 Å². The number of benzene rings is 2. The molecular formula is C29H21ClF6N6O3. The van der Waals surface area contributed by atoms with Gasteiger partial charge in [0.15, 0.2) is 17.2 Å². The SMILES string of the molecule is CCC(C(=O)Cc1ccc2ncc(C(F)(F)F)nc2c1)n1cc(OC)c(-c2cc(Cl)ccc2-n2cc(C(F)(F)F)nn2)cc1=O. The fraction of sp³-hybridized carbons (Fsp3) is 0.241. The number of fused-ring (bicyclic) bond motifs is 1. The van der Waals surface area contributed by atoms with Crippen LogP contribution in [-0.2, 0) is 23.6 Å². The second-order valence-corrected chi connectivity index (χ2v) is 10.3. The maximum absolute atomic E-state index is 13.4. The number of carbonyl (C=O) groups is 1. The molecule has 0 spiro atoms. The molecule has 16 heteroatoms. The summed E-state index contributed by atoms with van der Waals surface area (Å²) in [6.45, 7) is 1.68. The van der Waals surface area contributed by atoms with E-state index in [0.29, 0.717) is 18.0 Å². The molecule has 0 aliphatic rings. The number of pyridine rings is 1. The Morgan fingerprint density at radius 2 is 1.69 bits per heavy atom. The molecule has 0 saturated heterocycles. The van der Waals surface area contributed by atoms with Gasteiger partial charge in [0.05, 0.1) is 48.5 Å². The summed E-state index contributed by atoms with van der Waals surface area (Å²) >= 11 is 6.20. The number of Topliss-reactive ketones (excluding diaryl/α,β-unsaturated/α-hetero) is 1. The predicted molar refractivity (Wildman–Crippen MR) is 150 cm³/mol. The highest BCUT2D eigenvalue weighted by molar-refractivity contribution is 6.31. The molecule has 5 aromatic rings. The number of nitrogens with zero attached hydrogens (tertiary/aromatic N) is 6. The fourth-order valence-corrected chi connectivity index (χ4v) is 4.95. The summed E-state index contributed by atoms with van der Waals surface area (Å²) in [5.41, 5.74) is -2.01. The molecule has 5 rings (SSSR count). The van der Waals surface area contributed by atoms with Crippen LogP contribution in [0.1, 0.15) is 36.3 Å². The van der Waals surface area contributed by atoms with Crippen molar-refractivity contribution in [3.05, 3.63) is 93.4 Å². The lowest BCUT2D eigenvalue weighted by Crippen LogP contribution is -2.30. The predicted octanol–water partition coefficient (Wildman–Crippen LogP) is 6.50. The Balaban J connectivity index is 1.50. The molecule has 0 radical (unpaired) electrons. The summed E-state index contributed by atoms with van der Waals surface area (Å²) in [4.78, 5) is 34.3. The zero-order valence-electron chi connectivity index (χ0n) is 23.3. The quantitative estimate of drug-likeness (QED) is 0.177. The monoisotopic (exact) mass is 650 g/mol. The third-order valence-electron chi connectivity index (χ3n) is 6.91. The van der Waals surface area contributed by atoms with E-state index in [-0.39, 0.29) is 51.5 Å². The smallest absolute Gasteiger partial charge is 0.436 e. The Labute approximate surface area is 255 Å². The summed E-state index contributed by atoms with van der Waals surface area (Å²) in [6.07, 6.45) is -6.87. The van der Waals surface area contributed by atoms with Crippen molar-refractivity contribution < 1.29 is 35.9 Å². The highest BCUT2D eigenvalue weighted by Crippen LogP contribution is 2.36. The first-order chi connectivity index (χ1) is 21.2. The molecule has 0 aliphatic heterocycles. The Morgan fingerprint density at radius 3 is 2.33 bits per heavy atom. The van der Waals surface area contributed by atoms with Gasteiger partial charge in [0.1, 0.15) is 5.75 Å². The van der Waals surface area contributed by atoms with Gasteiger partial charge in [0.25, 0.3) is 5.56 Å². The van der Waals surface area contributed by atoms with E-state index in [1.54, 1.807) is 6.92 Å². The third-order valence-corrected chi connectivity index (χ3v) is 7.15. The topological polar surface area (TPSA) is 105 Å². The molecule has 0 bridgehead atoms. The first-order valence-corrected chi connectivity index (χ1v) is 13.5. The van der Waals surface area contributed by atoms with E-state index in [1.165, 1.54) is 49.7 Å². The molecule has 0 N–H and O–H groups in total. The van der Waals surface area contributed by atoms with Crippen LogP contribution in [0.15, 0.2) is 65.8 Å². The number of hydrogen-bond acceptors (Lipinski definition) is 7. The van der Waals surface area contributed by atoms with Crippen LogP contribution in [0.4, 0.5) is 26.3 Å². The minimum absolute atomic E-state index is 0.0431. The first kappa shape index (κ1) is 31.6. The van der Waals surface area contributed by atoms with E-state index in [9.17, 15) is 35.9 Å². The average molecular weight is 651 g/mol. The highest BCUT2D eigenvalue weighted by Gasteiger charge is 2.35. The molecular weight excluding hydrogens is 630 g/mol. The summed E-state index contributed by atoms with van der Waals surface area (Å²) in [5, 5.41) is 6.96. The van der Waals surface area contributed by atoms with Crippen LogP contribution < -0.4 is 10.3 Å². The Morgan fingerprint density at radius 1 is 0.956 bits per heavy atom. The van der Waals surface area contributed by atoms with Gasteiger partial charge in [-0.05, 0) is 42.3 Å².